The minimum Gasteiger partial charge on any atom is -0.356 e. The molecule has 21 heavy (non-hydrogen) atoms. The van der Waals surface area contributed by atoms with Crippen LogP contribution in [0.2, 0.25) is 5.02 Å². The van der Waals surface area contributed by atoms with Gasteiger partial charge >= 0.3 is 0 Å². The lowest BCUT2D eigenvalue weighted by molar-refractivity contribution is -0.385. The van der Waals surface area contributed by atoms with Crippen molar-refractivity contribution in [2.75, 3.05) is 13.1 Å². The van der Waals surface area contributed by atoms with E-state index >= 15 is 0 Å². The number of hydrogen-bond donors (Lipinski definition) is 2. The van der Waals surface area contributed by atoms with Crippen molar-refractivity contribution in [3.8, 4) is 0 Å². The van der Waals surface area contributed by atoms with E-state index in [1.54, 1.807) is 6.07 Å². The molecule has 1 amide bonds. The molecule has 0 fully saturated rings. The van der Waals surface area contributed by atoms with Crippen LogP contribution in [-0.4, -0.2) is 23.9 Å². The number of amides is 1. The molecule has 0 bridgehead atoms. The summed E-state index contributed by atoms with van der Waals surface area (Å²) in [5, 5.41) is 17.2. The molecule has 116 valence electrons. The average molecular weight is 314 g/mol. The van der Waals surface area contributed by atoms with Gasteiger partial charge in [-0.25, -0.2) is 0 Å². The first-order valence-electron chi connectivity index (χ1n) is 6.80. The van der Waals surface area contributed by atoms with E-state index in [-0.39, 0.29) is 11.6 Å². The quantitative estimate of drug-likeness (QED) is 0.439. The highest BCUT2D eigenvalue weighted by atomic mass is 35.5. The van der Waals surface area contributed by atoms with Crippen LogP contribution < -0.4 is 10.6 Å². The monoisotopic (exact) mass is 313 g/mol. The van der Waals surface area contributed by atoms with Gasteiger partial charge in [0.15, 0.2) is 0 Å². The first kappa shape index (κ1) is 17.4. The molecule has 1 aromatic carbocycles. The van der Waals surface area contributed by atoms with Gasteiger partial charge in [-0.2, -0.15) is 0 Å². The molecule has 1 aromatic rings. The van der Waals surface area contributed by atoms with Gasteiger partial charge in [0.2, 0.25) is 5.91 Å². The molecular formula is C14H20ClN3O3. The van der Waals surface area contributed by atoms with E-state index in [0.29, 0.717) is 42.6 Å². The first-order valence-corrected chi connectivity index (χ1v) is 7.18. The van der Waals surface area contributed by atoms with Crippen molar-refractivity contribution in [2.45, 2.75) is 26.8 Å². The minimum absolute atomic E-state index is 0.0242. The molecule has 0 unspecified atom stereocenters. The number of halogens is 1. The van der Waals surface area contributed by atoms with Gasteiger partial charge in [0.25, 0.3) is 5.69 Å². The fourth-order valence-corrected chi connectivity index (χ4v) is 1.90. The summed E-state index contributed by atoms with van der Waals surface area (Å²) >= 11 is 5.84. The van der Waals surface area contributed by atoms with E-state index in [0.717, 1.165) is 0 Å². The summed E-state index contributed by atoms with van der Waals surface area (Å²) in [6, 6.07) is 4.43. The van der Waals surface area contributed by atoms with Crippen LogP contribution in [0.3, 0.4) is 0 Å². The maximum atomic E-state index is 11.5. The van der Waals surface area contributed by atoms with Crippen molar-refractivity contribution >= 4 is 23.2 Å². The molecule has 1 rings (SSSR count). The Morgan fingerprint density at radius 3 is 2.76 bits per heavy atom. The van der Waals surface area contributed by atoms with Gasteiger partial charge in [-0.1, -0.05) is 25.4 Å². The standard InChI is InChI=1S/C14H20ClN3O3/c1-10(2)8-17-14(19)5-6-16-9-11-7-12(15)3-4-13(11)18(20)21/h3-4,7,10,16H,5-6,8-9H2,1-2H3,(H,17,19). The Morgan fingerprint density at radius 1 is 1.43 bits per heavy atom. The second-order valence-corrected chi connectivity index (χ2v) is 5.59. The Morgan fingerprint density at radius 2 is 2.14 bits per heavy atom. The Hall–Kier alpha value is -1.66. The lowest BCUT2D eigenvalue weighted by Gasteiger charge is -2.08. The molecule has 0 saturated carbocycles. The van der Waals surface area contributed by atoms with E-state index in [4.69, 9.17) is 11.6 Å². The zero-order valence-electron chi connectivity index (χ0n) is 12.2. The van der Waals surface area contributed by atoms with E-state index in [1.165, 1.54) is 12.1 Å². The lowest BCUT2D eigenvalue weighted by atomic mass is 10.2. The molecule has 0 saturated heterocycles. The number of carbonyl (C=O) groups excluding carboxylic acids is 1. The fraction of sp³-hybridized carbons (Fsp3) is 0.500. The summed E-state index contributed by atoms with van der Waals surface area (Å²) in [5.74, 6) is 0.382. The van der Waals surface area contributed by atoms with Crippen LogP contribution in [0.1, 0.15) is 25.8 Å². The first-order chi connectivity index (χ1) is 9.90. The van der Waals surface area contributed by atoms with Crippen molar-refractivity contribution in [1.29, 1.82) is 0 Å². The molecule has 0 heterocycles. The predicted molar refractivity (Wildman–Crippen MR) is 82.3 cm³/mol. The van der Waals surface area contributed by atoms with Crippen LogP contribution in [-0.2, 0) is 11.3 Å². The highest BCUT2D eigenvalue weighted by Crippen LogP contribution is 2.22. The predicted octanol–water partition coefficient (Wildman–Crippen LogP) is 2.50. The number of nitrogens with zero attached hydrogens (tertiary/aromatic N) is 1. The van der Waals surface area contributed by atoms with Crippen LogP contribution in [0, 0.1) is 16.0 Å². The van der Waals surface area contributed by atoms with Gasteiger partial charge in [0.1, 0.15) is 0 Å². The smallest absolute Gasteiger partial charge is 0.273 e. The topological polar surface area (TPSA) is 84.3 Å². The highest BCUT2D eigenvalue weighted by molar-refractivity contribution is 6.30. The Kier molecular flexibility index (Phi) is 7.11. The van der Waals surface area contributed by atoms with E-state index in [9.17, 15) is 14.9 Å². The third-order valence-electron chi connectivity index (χ3n) is 2.79. The maximum Gasteiger partial charge on any atom is 0.273 e. The Bertz CT molecular complexity index is 506. The second kappa shape index (κ2) is 8.59. The largest absolute Gasteiger partial charge is 0.356 e. The zero-order chi connectivity index (χ0) is 15.8. The number of nitrogens with one attached hydrogen (secondary N) is 2. The van der Waals surface area contributed by atoms with Crippen molar-refractivity contribution in [3.63, 3.8) is 0 Å². The Balaban J connectivity index is 2.41. The van der Waals surface area contributed by atoms with Crippen molar-refractivity contribution in [3.05, 3.63) is 38.9 Å². The van der Waals surface area contributed by atoms with Gasteiger partial charge < -0.3 is 10.6 Å². The van der Waals surface area contributed by atoms with Crippen LogP contribution in [0.4, 0.5) is 5.69 Å². The summed E-state index contributed by atoms with van der Waals surface area (Å²) < 4.78 is 0. The SMILES string of the molecule is CC(C)CNC(=O)CCNCc1cc(Cl)ccc1[N+](=O)[O-]. The fourth-order valence-electron chi connectivity index (χ4n) is 1.71. The van der Waals surface area contributed by atoms with E-state index < -0.39 is 4.92 Å². The van der Waals surface area contributed by atoms with E-state index in [1.807, 2.05) is 13.8 Å². The van der Waals surface area contributed by atoms with Crippen molar-refractivity contribution in [2.24, 2.45) is 5.92 Å². The summed E-state index contributed by atoms with van der Waals surface area (Å²) in [4.78, 5) is 22.0. The number of rotatable bonds is 8. The molecule has 2 N–H and O–H groups in total. The molecule has 0 aliphatic rings. The summed E-state index contributed by atoms with van der Waals surface area (Å²) in [7, 11) is 0. The normalized spacial score (nSPS) is 10.7. The van der Waals surface area contributed by atoms with Crippen LogP contribution in [0.25, 0.3) is 0 Å². The molecule has 0 radical (unpaired) electrons. The van der Waals surface area contributed by atoms with Crippen LogP contribution in [0.5, 0.6) is 0 Å². The van der Waals surface area contributed by atoms with Crippen LogP contribution >= 0.6 is 11.6 Å². The van der Waals surface area contributed by atoms with Crippen molar-refractivity contribution in [1.82, 2.24) is 10.6 Å². The minimum atomic E-state index is -0.442. The zero-order valence-corrected chi connectivity index (χ0v) is 12.9. The molecule has 0 aliphatic heterocycles. The third-order valence-corrected chi connectivity index (χ3v) is 3.03. The number of nitro benzene ring substituents is 1. The molecule has 0 aliphatic carbocycles. The van der Waals surface area contributed by atoms with Crippen molar-refractivity contribution < 1.29 is 9.72 Å². The van der Waals surface area contributed by atoms with Gasteiger partial charge in [-0.3, -0.25) is 14.9 Å². The van der Waals surface area contributed by atoms with Gasteiger partial charge in [0, 0.05) is 42.7 Å². The van der Waals surface area contributed by atoms with Gasteiger partial charge in [-0.05, 0) is 18.1 Å². The van der Waals surface area contributed by atoms with Gasteiger partial charge in [-0.15, -0.1) is 0 Å². The van der Waals surface area contributed by atoms with E-state index in [2.05, 4.69) is 10.6 Å². The summed E-state index contributed by atoms with van der Waals surface area (Å²) in [5.41, 5.74) is 0.534. The Labute approximate surface area is 129 Å². The average Bonchev–Trinajstić information content (AvgIpc) is 2.41. The summed E-state index contributed by atoms with van der Waals surface area (Å²) in [6.07, 6.45) is 0.334. The molecule has 0 aromatic heterocycles. The maximum absolute atomic E-state index is 11.5. The third kappa shape index (κ3) is 6.55. The molecule has 0 spiro atoms. The molecule has 6 nitrogen and oxygen atoms in total. The lowest BCUT2D eigenvalue weighted by Crippen LogP contribution is -2.30. The summed E-state index contributed by atoms with van der Waals surface area (Å²) in [6.45, 7) is 5.45. The molecule has 0 atom stereocenters. The van der Waals surface area contributed by atoms with Gasteiger partial charge in [0.05, 0.1) is 4.92 Å². The second-order valence-electron chi connectivity index (χ2n) is 5.15. The van der Waals surface area contributed by atoms with Crippen LogP contribution in [0.15, 0.2) is 18.2 Å². The molecule has 7 heteroatoms. The number of carbonyl (C=O) groups is 1. The number of hydrogen-bond acceptors (Lipinski definition) is 4. The number of benzene rings is 1. The molecular weight excluding hydrogens is 294 g/mol. The highest BCUT2D eigenvalue weighted by Gasteiger charge is 2.13. The number of nitro groups is 1.